The summed E-state index contributed by atoms with van der Waals surface area (Å²) >= 11 is 5.96. The van der Waals surface area contributed by atoms with Crippen LogP contribution in [0.15, 0.2) is 35.3 Å². The number of aromatic nitrogens is 2. The Bertz CT molecular complexity index is 650. The average molecular weight is 294 g/mol. The molecule has 0 spiro atoms. The van der Waals surface area contributed by atoms with E-state index in [2.05, 4.69) is 4.98 Å². The summed E-state index contributed by atoms with van der Waals surface area (Å²) in [5, 5.41) is 0.293. The Morgan fingerprint density at radius 1 is 1.30 bits per heavy atom. The van der Waals surface area contributed by atoms with Gasteiger partial charge in [0.25, 0.3) is 5.56 Å². The van der Waals surface area contributed by atoms with Crippen LogP contribution in [0.4, 0.5) is 5.82 Å². The lowest BCUT2D eigenvalue weighted by atomic mass is 10.2. The van der Waals surface area contributed by atoms with Gasteiger partial charge in [-0.2, -0.15) is 0 Å². The number of benzene rings is 1. The van der Waals surface area contributed by atoms with Gasteiger partial charge in [0.1, 0.15) is 10.9 Å². The Morgan fingerprint density at radius 2 is 1.95 bits per heavy atom. The van der Waals surface area contributed by atoms with Crippen molar-refractivity contribution < 1.29 is 4.74 Å². The molecule has 20 heavy (non-hydrogen) atoms. The van der Waals surface area contributed by atoms with Gasteiger partial charge in [0, 0.05) is 20.3 Å². The second-order valence-corrected chi connectivity index (χ2v) is 4.95. The number of halogens is 1. The van der Waals surface area contributed by atoms with Gasteiger partial charge < -0.3 is 14.2 Å². The summed E-state index contributed by atoms with van der Waals surface area (Å²) in [4.78, 5) is 18.0. The van der Waals surface area contributed by atoms with Crippen LogP contribution in [-0.2, 0) is 6.54 Å². The average Bonchev–Trinajstić information content (AvgIpc) is 2.43. The number of anilines is 1. The summed E-state index contributed by atoms with van der Waals surface area (Å²) < 4.78 is 6.65. The van der Waals surface area contributed by atoms with Crippen molar-refractivity contribution >= 4 is 17.4 Å². The van der Waals surface area contributed by atoms with Gasteiger partial charge in [-0.3, -0.25) is 4.79 Å². The Hall–Kier alpha value is -2.01. The molecule has 0 saturated heterocycles. The van der Waals surface area contributed by atoms with Gasteiger partial charge in [-0.05, 0) is 17.7 Å². The van der Waals surface area contributed by atoms with Crippen LogP contribution in [0.5, 0.6) is 5.75 Å². The first-order valence-corrected chi connectivity index (χ1v) is 6.46. The highest BCUT2D eigenvalue weighted by molar-refractivity contribution is 6.29. The molecular formula is C14H16ClN3O2. The lowest BCUT2D eigenvalue weighted by Crippen LogP contribution is -2.28. The molecule has 0 aliphatic rings. The van der Waals surface area contributed by atoms with Crippen LogP contribution < -0.4 is 15.2 Å². The van der Waals surface area contributed by atoms with Crippen molar-refractivity contribution in [1.82, 2.24) is 9.55 Å². The molecule has 0 aliphatic carbocycles. The number of rotatable bonds is 4. The normalized spacial score (nSPS) is 10.4. The molecule has 0 unspecified atom stereocenters. The van der Waals surface area contributed by atoms with E-state index in [-0.39, 0.29) is 5.56 Å². The Labute approximate surface area is 122 Å². The highest BCUT2D eigenvalue weighted by Crippen LogP contribution is 2.13. The highest BCUT2D eigenvalue weighted by Gasteiger charge is 2.10. The van der Waals surface area contributed by atoms with Gasteiger partial charge in [0.05, 0.1) is 13.7 Å². The van der Waals surface area contributed by atoms with E-state index in [9.17, 15) is 4.79 Å². The molecule has 0 saturated carbocycles. The molecule has 0 bridgehead atoms. The lowest BCUT2D eigenvalue weighted by molar-refractivity contribution is 0.414. The van der Waals surface area contributed by atoms with Crippen LogP contribution in [0, 0.1) is 0 Å². The molecule has 6 heteroatoms. The van der Waals surface area contributed by atoms with Crippen LogP contribution in [0.2, 0.25) is 5.15 Å². The van der Waals surface area contributed by atoms with Gasteiger partial charge in [0.15, 0.2) is 5.82 Å². The molecule has 2 aromatic rings. The van der Waals surface area contributed by atoms with Crippen LogP contribution in [0.1, 0.15) is 5.56 Å². The molecule has 1 aromatic heterocycles. The van der Waals surface area contributed by atoms with Crippen LogP contribution in [0.3, 0.4) is 0 Å². The first-order chi connectivity index (χ1) is 9.51. The van der Waals surface area contributed by atoms with Crippen molar-refractivity contribution in [3.8, 4) is 5.75 Å². The van der Waals surface area contributed by atoms with E-state index >= 15 is 0 Å². The SMILES string of the molecule is COc1ccc(Cn2cc(Cl)nc(N(C)C)c2=O)cc1. The molecule has 2 rings (SSSR count). The van der Waals surface area contributed by atoms with Gasteiger partial charge in [-0.15, -0.1) is 0 Å². The minimum Gasteiger partial charge on any atom is -0.497 e. The van der Waals surface area contributed by atoms with Crippen LogP contribution in [-0.4, -0.2) is 30.8 Å². The van der Waals surface area contributed by atoms with E-state index in [0.717, 1.165) is 11.3 Å². The lowest BCUT2D eigenvalue weighted by Gasteiger charge is -2.14. The Balaban J connectivity index is 2.35. The fourth-order valence-electron chi connectivity index (χ4n) is 1.83. The van der Waals surface area contributed by atoms with Gasteiger partial charge in [0.2, 0.25) is 0 Å². The molecule has 5 nitrogen and oxygen atoms in total. The summed E-state index contributed by atoms with van der Waals surface area (Å²) in [6.45, 7) is 0.436. The van der Waals surface area contributed by atoms with Crippen molar-refractivity contribution in [2.24, 2.45) is 0 Å². The largest absolute Gasteiger partial charge is 0.497 e. The topological polar surface area (TPSA) is 47.4 Å². The minimum atomic E-state index is -0.171. The quantitative estimate of drug-likeness (QED) is 0.865. The first kappa shape index (κ1) is 14.4. The van der Waals surface area contributed by atoms with Crippen LogP contribution >= 0.6 is 11.6 Å². The summed E-state index contributed by atoms with van der Waals surface area (Å²) in [5.41, 5.74) is 0.815. The van der Waals surface area contributed by atoms with Gasteiger partial charge in [-0.25, -0.2) is 4.98 Å². The summed E-state index contributed by atoms with van der Waals surface area (Å²) in [6.07, 6.45) is 1.54. The third kappa shape index (κ3) is 3.11. The third-order valence-corrected chi connectivity index (χ3v) is 3.04. The zero-order valence-electron chi connectivity index (χ0n) is 11.6. The van der Waals surface area contributed by atoms with Crippen molar-refractivity contribution in [2.45, 2.75) is 6.54 Å². The molecule has 0 aliphatic heterocycles. The van der Waals surface area contributed by atoms with E-state index in [1.165, 1.54) is 0 Å². The van der Waals surface area contributed by atoms with E-state index in [4.69, 9.17) is 16.3 Å². The standard InChI is InChI=1S/C14H16ClN3O2/c1-17(2)13-14(19)18(9-12(15)16-13)8-10-4-6-11(20-3)7-5-10/h4-7,9H,8H2,1-3H3. The van der Waals surface area contributed by atoms with Crippen molar-refractivity contribution in [1.29, 1.82) is 0 Å². The monoisotopic (exact) mass is 293 g/mol. The highest BCUT2D eigenvalue weighted by atomic mass is 35.5. The zero-order valence-corrected chi connectivity index (χ0v) is 12.4. The predicted octanol–water partition coefficient (Wildman–Crippen LogP) is 2.02. The van der Waals surface area contributed by atoms with Crippen molar-refractivity contribution in [2.75, 3.05) is 26.1 Å². The second-order valence-electron chi connectivity index (χ2n) is 4.56. The molecule has 0 amide bonds. The number of ether oxygens (including phenoxy) is 1. The summed E-state index contributed by atoms with van der Waals surface area (Å²) in [7, 11) is 5.14. The summed E-state index contributed by atoms with van der Waals surface area (Å²) in [5.74, 6) is 1.11. The second kappa shape index (κ2) is 5.96. The maximum Gasteiger partial charge on any atom is 0.293 e. The molecule has 1 heterocycles. The number of hydrogen-bond acceptors (Lipinski definition) is 4. The Morgan fingerprint density at radius 3 is 2.50 bits per heavy atom. The molecule has 0 fully saturated rings. The maximum atomic E-state index is 12.3. The predicted molar refractivity (Wildman–Crippen MR) is 79.9 cm³/mol. The Kier molecular flexibility index (Phi) is 4.29. The van der Waals surface area contributed by atoms with Crippen molar-refractivity contribution in [3.63, 3.8) is 0 Å². The molecule has 0 N–H and O–H groups in total. The molecule has 0 atom stereocenters. The van der Waals surface area contributed by atoms with E-state index in [0.29, 0.717) is 17.5 Å². The smallest absolute Gasteiger partial charge is 0.293 e. The molecular weight excluding hydrogens is 278 g/mol. The fourth-order valence-corrected chi connectivity index (χ4v) is 2.03. The van der Waals surface area contributed by atoms with Crippen molar-refractivity contribution in [3.05, 3.63) is 51.5 Å². The first-order valence-electron chi connectivity index (χ1n) is 6.08. The van der Waals surface area contributed by atoms with E-state index in [1.54, 1.807) is 36.9 Å². The van der Waals surface area contributed by atoms with Gasteiger partial charge in [-0.1, -0.05) is 23.7 Å². The zero-order chi connectivity index (χ0) is 14.7. The third-order valence-electron chi connectivity index (χ3n) is 2.86. The minimum absolute atomic E-state index is 0.171. The van der Waals surface area contributed by atoms with Gasteiger partial charge >= 0.3 is 0 Å². The number of nitrogens with zero attached hydrogens (tertiary/aromatic N) is 3. The van der Waals surface area contributed by atoms with Crippen LogP contribution in [0.25, 0.3) is 0 Å². The molecule has 1 aromatic carbocycles. The van der Waals surface area contributed by atoms with E-state index in [1.807, 2.05) is 24.3 Å². The fraction of sp³-hybridized carbons (Fsp3) is 0.286. The molecule has 106 valence electrons. The summed E-state index contributed by atoms with van der Waals surface area (Å²) in [6, 6.07) is 7.54. The maximum absolute atomic E-state index is 12.3. The molecule has 0 radical (unpaired) electrons. The number of methoxy groups -OCH3 is 1. The van der Waals surface area contributed by atoms with E-state index < -0.39 is 0 Å². The number of hydrogen-bond donors (Lipinski definition) is 0.